The average Bonchev–Trinajstić information content (AvgIpc) is 2.73. The SMILES string of the molecule is CCOC(=O)C1=C(c2ccccc2)NC(SC)=C(C#N)[C@H]1c1ccccc1Cl. The maximum absolute atomic E-state index is 13.0. The lowest BCUT2D eigenvalue weighted by molar-refractivity contribution is -0.138. The molecule has 0 bridgehead atoms. The first-order chi connectivity index (χ1) is 13.6. The first-order valence-corrected chi connectivity index (χ1v) is 10.4. The Balaban J connectivity index is 2.33. The quantitative estimate of drug-likeness (QED) is 0.695. The molecular weight excluding hydrogens is 392 g/mol. The minimum atomic E-state index is -0.614. The van der Waals surface area contributed by atoms with Gasteiger partial charge in [0, 0.05) is 5.02 Å². The predicted octanol–water partition coefficient (Wildman–Crippen LogP) is 5.10. The van der Waals surface area contributed by atoms with Gasteiger partial charge in [-0.15, -0.1) is 11.8 Å². The molecule has 1 aliphatic rings. The van der Waals surface area contributed by atoms with E-state index in [9.17, 15) is 10.1 Å². The third-order valence-corrected chi connectivity index (χ3v) is 5.50. The third kappa shape index (κ3) is 3.80. The van der Waals surface area contributed by atoms with Crippen molar-refractivity contribution in [1.82, 2.24) is 5.32 Å². The number of carbonyl (C=O) groups excluding carboxylic acids is 1. The molecule has 0 amide bonds. The Hall–Kier alpha value is -2.68. The predicted molar refractivity (Wildman–Crippen MR) is 113 cm³/mol. The largest absolute Gasteiger partial charge is 0.463 e. The highest BCUT2D eigenvalue weighted by Gasteiger charge is 2.37. The summed E-state index contributed by atoms with van der Waals surface area (Å²) in [5.41, 5.74) is 3.00. The van der Waals surface area contributed by atoms with Crippen LogP contribution >= 0.6 is 23.4 Å². The first-order valence-electron chi connectivity index (χ1n) is 8.78. The number of nitrogens with one attached hydrogen (secondary N) is 1. The van der Waals surface area contributed by atoms with Crippen molar-refractivity contribution in [3.63, 3.8) is 0 Å². The Labute approximate surface area is 173 Å². The van der Waals surface area contributed by atoms with E-state index in [0.717, 1.165) is 5.56 Å². The summed E-state index contributed by atoms with van der Waals surface area (Å²) in [4.78, 5) is 13.0. The molecule has 3 rings (SSSR count). The van der Waals surface area contributed by atoms with Gasteiger partial charge in [0.1, 0.15) is 0 Å². The normalized spacial score (nSPS) is 16.4. The van der Waals surface area contributed by atoms with Crippen LogP contribution in [0.4, 0.5) is 0 Å². The summed E-state index contributed by atoms with van der Waals surface area (Å²) in [6.07, 6.45) is 1.89. The summed E-state index contributed by atoms with van der Waals surface area (Å²) in [7, 11) is 0. The second-order valence-electron chi connectivity index (χ2n) is 6.01. The summed E-state index contributed by atoms with van der Waals surface area (Å²) in [6, 6.07) is 19.1. The van der Waals surface area contributed by atoms with Crippen LogP contribution in [0.5, 0.6) is 0 Å². The highest BCUT2D eigenvalue weighted by Crippen LogP contribution is 2.44. The third-order valence-electron chi connectivity index (χ3n) is 4.43. The van der Waals surface area contributed by atoms with Crippen molar-refractivity contribution < 1.29 is 9.53 Å². The van der Waals surface area contributed by atoms with Crippen LogP contribution in [0.15, 0.2) is 70.8 Å². The molecule has 0 spiro atoms. The molecule has 0 aromatic heterocycles. The van der Waals surface area contributed by atoms with E-state index in [1.807, 2.05) is 54.8 Å². The molecule has 1 heterocycles. The summed E-state index contributed by atoms with van der Waals surface area (Å²) in [6.45, 7) is 2.00. The molecule has 0 saturated heterocycles. The van der Waals surface area contributed by atoms with Crippen molar-refractivity contribution in [1.29, 1.82) is 5.26 Å². The molecule has 1 aliphatic heterocycles. The number of carbonyl (C=O) groups is 1. The van der Waals surface area contributed by atoms with Crippen molar-refractivity contribution in [3.8, 4) is 6.07 Å². The number of allylic oxidation sites excluding steroid dienone is 1. The number of hydrogen-bond acceptors (Lipinski definition) is 5. The van der Waals surface area contributed by atoms with Gasteiger partial charge in [-0.1, -0.05) is 60.1 Å². The molecule has 0 fully saturated rings. The lowest BCUT2D eigenvalue weighted by Gasteiger charge is -2.30. The van der Waals surface area contributed by atoms with E-state index in [0.29, 0.717) is 32.5 Å². The van der Waals surface area contributed by atoms with E-state index in [-0.39, 0.29) is 6.61 Å². The van der Waals surface area contributed by atoms with Crippen LogP contribution in [-0.4, -0.2) is 18.8 Å². The summed E-state index contributed by atoms with van der Waals surface area (Å²) < 4.78 is 5.37. The Morgan fingerprint density at radius 1 is 1.21 bits per heavy atom. The lowest BCUT2D eigenvalue weighted by atomic mass is 9.81. The van der Waals surface area contributed by atoms with E-state index < -0.39 is 11.9 Å². The van der Waals surface area contributed by atoms with Crippen LogP contribution in [0.25, 0.3) is 5.70 Å². The molecule has 142 valence electrons. The van der Waals surface area contributed by atoms with E-state index in [1.54, 1.807) is 13.0 Å². The molecule has 0 unspecified atom stereocenters. The van der Waals surface area contributed by atoms with E-state index in [4.69, 9.17) is 16.3 Å². The number of nitriles is 1. The van der Waals surface area contributed by atoms with Crippen molar-refractivity contribution in [2.75, 3.05) is 12.9 Å². The van der Waals surface area contributed by atoms with Gasteiger partial charge in [-0.05, 0) is 30.4 Å². The van der Waals surface area contributed by atoms with Gasteiger partial charge in [0.05, 0.1) is 40.5 Å². The van der Waals surface area contributed by atoms with E-state index in [1.165, 1.54) is 11.8 Å². The fraction of sp³-hybridized carbons (Fsp3) is 0.182. The maximum atomic E-state index is 13.0. The number of dihydropyridines is 1. The summed E-state index contributed by atoms with van der Waals surface area (Å²) >= 11 is 7.90. The molecule has 0 radical (unpaired) electrons. The fourth-order valence-electron chi connectivity index (χ4n) is 3.23. The number of nitrogens with zero attached hydrogens (tertiary/aromatic N) is 1. The van der Waals surface area contributed by atoms with Crippen molar-refractivity contribution in [3.05, 3.63) is 86.9 Å². The molecule has 2 aromatic rings. The van der Waals surface area contributed by atoms with Gasteiger partial charge < -0.3 is 10.1 Å². The number of thioether (sulfide) groups is 1. The smallest absolute Gasteiger partial charge is 0.337 e. The number of benzene rings is 2. The zero-order chi connectivity index (χ0) is 20.1. The van der Waals surface area contributed by atoms with Crippen LogP contribution in [0.3, 0.4) is 0 Å². The van der Waals surface area contributed by atoms with E-state index >= 15 is 0 Å². The van der Waals surface area contributed by atoms with Gasteiger partial charge in [-0.2, -0.15) is 5.26 Å². The Kier molecular flexibility index (Phi) is 6.45. The minimum Gasteiger partial charge on any atom is -0.463 e. The van der Waals surface area contributed by atoms with Crippen molar-refractivity contribution in [2.45, 2.75) is 12.8 Å². The van der Waals surface area contributed by atoms with E-state index in [2.05, 4.69) is 11.4 Å². The topological polar surface area (TPSA) is 62.1 Å². The zero-order valence-electron chi connectivity index (χ0n) is 15.5. The standard InChI is InChI=1S/C22H19ClN2O2S/c1-3-27-22(26)19-18(15-11-7-8-12-17(15)23)16(13-24)21(28-2)25-20(19)14-9-5-4-6-10-14/h4-12,18,25H,3H2,1-2H3/t18-/m1/s1. The molecule has 2 aromatic carbocycles. The fourth-order valence-corrected chi connectivity index (χ4v) is 4.06. The summed E-state index contributed by atoms with van der Waals surface area (Å²) in [5.74, 6) is -1.08. The van der Waals surface area contributed by atoms with Crippen LogP contribution in [-0.2, 0) is 9.53 Å². The van der Waals surface area contributed by atoms with Gasteiger partial charge in [0.2, 0.25) is 0 Å². The van der Waals surface area contributed by atoms with Crippen molar-refractivity contribution >= 4 is 35.0 Å². The Morgan fingerprint density at radius 2 is 1.89 bits per heavy atom. The van der Waals surface area contributed by atoms with Crippen LogP contribution in [0.1, 0.15) is 24.0 Å². The van der Waals surface area contributed by atoms with Gasteiger partial charge in [-0.3, -0.25) is 0 Å². The van der Waals surface area contributed by atoms with Crippen LogP contribution < -0.4 is 5.32 Å². The van der Waals surface area contributed by atoms with Gasteiger partial charge in [0.15, 0.2) is 0 Å². The maximum Gasteiger partial charge on any atom is 0.337 e. The molecule has 0 aliphatic carbocycles. The first kappa shape index (κ1) is 20.1. The zero-order valence-corrected chi connectivity index (χ0v) is 17.1. The molecule has 1 N–H and O–H groups in total. The highest BCUT2D eigenvalue weighted by molar-refractivity contribution is 8.02. The Morgan fingerprint density at radius 3 is 2.50 bits per heavy atom. The molecule has 6 heteroatoms. The monoisotopic (exact) mass is 410 g/mol. The lowest BCUT2D eigenvalue weighted by Crippen LogP contribution is -2.29. The van der Waals surface area contributed by atoms with Gasteiger partial charge >= 0.3 is 5.97 Å². The second-order valence-corrected chi connectivity index (χ2v) is 7.24. The number of hydrogen-bond donors (Lipinski definition) is 1. The molecule has 28 heavy (non-hydrogen) atoms. The number of ether oxygens (including phenoxy) is 1. The minimum absolute atomic E-state index is 0.237. The Bertz CT molecular complexity index is 993. The molecule has 1 atom stereocenters. The van der Waals surface area contributed by atoms with Crippen molar-refractivity contribution in [2.24, 2.45) is 0 Å². The van der Waals surface area contributed by atoms with Gasteiger partial charge in [0.25, 0.3) is 0 Å². The molecule has 4 nitrogen and oxygen atoms in total. The second kappa shape index (κ2) is 9.01. The average molecular weight is 411 g/mol. The number of esters is 1. The van der Waals surface area contributed by atoms with Gasteiger partial charge in [-0.25, -0.2) is 4.79 Å². The van der Waals surface area contributed by atoms with Crippen LogP contribution in [0, 0.1) is 11.3 Å². The molecular formula is C22H19ClN2O2S. The van der Waals surface area contributed by atoms with Crippen LogP contribution in [0.2, 0.25) is 5.02 Å². The number of rotatable bonds is 5. The summed E-state index contributed by atoms with van der Waals surface area (Å²) in [5, 5.41) is 14.4. The highest BCUT2D eigenvalue weighted by atomic mass is 35.5. The number of halogens is 1. The molecule has 0 saturated carbocycles.